The van der Waals surface area contributed by atoms with Crippen molar-refractivity contribution in [3.8, 4) is 0 Å². The van der Waals surface area contributed by atoms with Crippen LogP contribution < -0.4 is 5.43 Å². The van der Waals surface area contributed by atoms with Crippen molar-refractivity contribution >= 4 is 17.8 Å². The van der Waals surface area contributed by atoms with E-state index in [1.54, 1.807) is 12.1 Å². The normalized spacial score (nSPS) is 10.4. The summed E-state index contributed by atoms with van der Waals surface area (Å²) >= 11 is 0. The van der Waals surface area contributed by atoms with Crippen LogP contribution in [-0.2, 0) is 0 Å². The number of nitro benzene ring substituents is 1. The van der Waals surface area contributed by atoms with Crippen LogP contribution in [0.1, 0.15) is 16.1 Å². The van der Waals surface area contributed by atoms with E-state index in [1.807, 2.05) is 0 Å². The Balaban J connectivity index is 2.08. The maximum absolute atomic E-state index is 11.6. The number of aromatic nitrogens is 2. The molecule has 0 saturated heterocycles. The zero-order valence-electron chi connectivity index (χ0n) is 10.1. The lowest BCUT2D eigenvalue weighted by Gasteiger charge is -1.98. The second-order valence-corrected chi connectivity index (χ2v) is 3.61. The lowest BCUT2D eigenvalue weighted by Crippen LogP contribution is -2.19. The van der Waals surface area contributed by atoms with Gasteiger partial charge in [-0.2, -0.15) is 5.10 Å². The molecule has 0 aliphatic rings. The van der Waals surface area contributed by atoms with E-state index >= 15 is 0 Å². The van der Waals surface area contributed by atoms with Crippen LogP contribution in [0.25, 0.3) is 0 Å². The third-order valence-electron chi connectivity index (χ3n) is 2.30. The molecule has 1 amide bonds. The Labute approximate surface area is 113 Å². The van der Waals surface area contributed by atoms with Crippen LogP contribution in [0.3, 0.4) is 0 Å². The fourth-order valence-corrected chi connectivity index (χ4v) is 1.40. The zero-order chi connectivity index (χ0) is 14.4. The summed E-state index contributed by atoms with van der Waals surface area (Å²) in [7, 11) is 0. The molecule has 0 radical (unpaired) electrons. The molecule has 0 fully saturated rings. The second-order valence-electron chi connectivity index (χ2n) is 3.61. The van der Waals surface area contributed by atoms with Crippen molar-refractivity contribution in [1.82, 2.24) is 15.4 Å². The lowest BCUT2D eigenvalue weighted by molar-refractivity contribution is -0.385. The van der Waals surface area contributed by atoms with Crippen molar-refractivity contribution < 1.29 is 9.72 Å². The molecule has 2 rings (SSSR count). The molecule has 0 saturated carbocycles. The van der Waals surface area contributed by atoms with Gasteiger partial charge in [-0.3, -0.25) is 19.9 Å². The topological polar surface area (TPSA) is 110 Å². The quantitative estimate of drug-likeness (QED) is 0.509. The van der Waals surface area contributed by atoms with Crippen LogP contribution >= 0.6 is 0 Å². The van der Waals surface area contributed by atoms with Gasteiger partial charge in [0, 0.05) is 18.5 Å². The van der Waals surface area contributed by atoms with Crippen molar-refractivity contribution in [3.63, 3.8) is 0 Å². The number of hydrazone groups is 1. The molecule has 0 atom stereocenters. The van der Waals surface area contributed by atoms with Crippen LogP contribution in [-0.4, -0.2) is 27.0 Å². The molecule has 0 unspecified atom stereocenters. The number of carbonyl (C=O) groups excluding carboxylic acids is 1. The largest absolute Gasteiger partial charge is 0.291 e. The number of benzene rings is 1. The fraction of sp³-hybridized carbons (Fsp3) is 0. The van der Waals surface area contributed by atoms with Crippen LogP contribution in [0, 0.1) is 10.1 Å². The molecule has 1 N–H and O–H groups in total. The van der Waals surface area contributed by atoms with Crippen LogP contribution in [0.2, 0.25) is 0 Å². The van der Waals surface area contributed by atoms with Gasteiger partial charge in [-0.25, -0.2) is 10.4 Å². The molecule has 2 aromatic rings. The van der Waals surface area contributed by atoms with E-state index in [0.29, 0.717) is 0 Å². The molecular formula is C12H9N5O3. The van der Waals surface area contributed by atoms with E-state index in [-0.39, 0.29) is 16.9 Å². The molecule has 1 aromatic heterocycles. The van der Waals surface area contributed by atoms with E-state index in [9.17, 15) is 14.9 Å². The number of hydrogen-bond donors (Lipinski definition) is 1. The molecule has 0 bridgehead atoms. The molecular weight excluding hydrogens is 262 g/mol. The summed E-state index contributed by atoms with van der Waals surface area (Å²) in [4.78, 5) is 29.4. The Morgan fingerprint density at radius 2 is 2.15 bits per heavy atom. The summed E-state index contributed by atoms with van der Waals surface area (Å²) in [6.45, 7) is 0. The minimum Gasteiger partial charge on any atom is -0.265 e. The molecule has 1 aromatic carbocycles. The Kier molecular flexibility index (Phi) is 4.07. The number of nitrogens with zero attached hydrogens (tertiary/aromatic N) is 4. The lowest BCUT2D eigenvalue weighted by atomic mass is 10.2. The number of rotatable bonds is 4. The first-order valence-corrected chi connectivity index (χ1v) is 5.51. The van der Waals surface area contributed by atoms with Gasteiger partial charge in [0.2, 0.25) is 0 Å². The van der Waals surface area contributed by atoms with Gasteiger partial charge in [0.1, 0.15) is 5.69 Å². The third kappa shape index (κ3) is 3.19. The highest BCUT2D eigenvalue weighted by Crippen LogP contribution is 2.14. The third-order valence-corrected chi connectivity index (χ3v) is 2.30. The Morgan fingerprint density at radius 1 is 1.35 bits per heavy atom. The van der Waals surface area contributed by atoms with Gasteiger partial charge in [0.25, 0.3) is 11.6 Å². The monoisotopic (exact) mass is 271 g/mol. The van der Waals surface area contributed by atoms with Crippen LogP contribution in [0.5, 0.6) is 0 Å². The number of nitro groups is 1. The predicted molar refractivity (Wildman–Crippen MR) is 70.2 cm³/mol. The molecule has 0 aliphatic heterocycles. The van der Waals surface area contributed by atoms with E-state index in [1.165, 1.54) is 36.9 Å². The molecule has 0 spiro atoms. The summed E-state index contributed by atoms with van der Waals surface area (Å²) < 4.78 is 0. The number of para-hydroxylation sites is 1. The van der Waals surface area contributed by atoms with Gasteiger partial charge >= 0.3 is 0 Å². The summed E-state index contributed by atoms with van der Waals surface area (Å²) in [5, 5.41) is 14.4. The average Bonchev–Trinajstić information content (AvgIpc) is 2.48. The average molecular weight is 271 g/mol. The molecule has 100 valence electrons. The Hall–Kier alpha value is -3.16. The van der Waals surface area contributed by atoms with E-state index in [2.05, 4.69) is 20.5 Å². The maximum Gasteiger partial charge on any atom is 0.291 e. The fourth-order valence-electron chi connectivity index (χ4n) is 1.40. The van der Waals surface area contributed by atoms with Crippen molar-refractivity contribution in [2.75, 3.05) is 0 Å². The minimum absolute atomic E-state index is 0.0926. The minimum atomic E-state index is -0.548. The van der Waals surface area contributed by atoms with Gasteiger partial charge in [0.15, 0.2) is 0 Å². The standard InChI is InChI=1S/C12H9N5O3/c18-12(10-8-13-5-6-14-10)16-15-7-9-3-1-2-4-11(9)17(19)20/h1-8H,(H,16,18)/b15-7+. The van der Waals surface area contributed by atoms with E-state index in [4.69, 9.17) is 0 Å². The molecule has 8 heteroatoms. The highest BCUT2D eigenvalue weighted by molar-refractivity contribution is 5.93. The Bertz CT molecular complexity index is 657. The van der Waals surface area contributed by atoms with E-state index in [0.717, 1.165) is 0 Å². The predicted octanol–water partition coefficient (Wildman–Crippen LogP) is 1.15. The molecule has 1 heterocycles. The molecule has 20 heavy (non-hydrogen) atoms. The van der Waals surface area contributed by atoms with Crippen LogP contribution in [0.4, 0.5) is 5.69 Å². The Morgan fingerprint density at radius 3 is 2.85 bits per heavy atom. The summed E-state index contributed by atoms with van der Waals surface area (Å²) in [5.74, 6) is -0.548. The molecule has 8 nitrogen and oxygen atoms in total. The SMILES string of the molecule is O=C(N/N=C/c1ccccc1[N+](=O)[O-])c1cnccn1. The highest BCUT2D eigenvalue weighted by Gasteiger charge is 2.10. The van der Waals surface area contributed by atoms with Crippen molar-refractivity contribution in [3.05, 3.63) is 64.2 Å². The maximum atomic E-state index is 11.6. The van der Waals surface area contributed by atoms with Crippen molar-refractivity contribution in [2.45, 2.75) is 0 Å². The van der Waals surface area contributed by atoms with Gasteiger partial charge in [-0.15, -0.1) is 0 Å². The van der Waals surface area contributed by atoms with Gasteiger partial charge in [-0.05, 0) is 6.07 Å². The van der Waals surface area contributed by atoms with Gasteiger partial charge in [0.05, 0.1) is 22.9 Å². The van der Waals surface area contributed by atoms with Crippen molar-refractivity contribution in [2.24, 2.45) is 5.10 Å². The summed E-state index contributed by atoms with van der Waals surface area (Å²) in [5.41, 5.74) is 2.52. The smallest absolute Gasteiger partial charge is 0.265 e. The number of hydrogen-bond acceptors (Lipinski definition) is 6. The first-order valence-electron chi connectivity index (χ1n) is 5.51. The number of nitrogens with one attached hydrogen (secondary N) is 1. The van der Waals surface area contributed by atoms with E-state index < -0.39 is 10.8 Å². The van der Waals surface area contributed by atoms with Crippen molar-refractivity contribution in [1.29, 1.82) is 0 Å². The number of carbonyl (C=O) groups is 1. The first-order chi connectivity index (χ1) is 9.68. The van der Waals surface area contributed by atoms with Gasteiger partial charge < -0.3 is 0 Å². The second kappa shape index (κ2) is 6.14. The highest BCUT2D eigenvalue weighted by atomic mass is 16.6. The van der Waals surface area contributed by atoms with Gasteiger partial charge in [-0.1, -0.05) is 12.1 Å². The number of amides is 1. The zero-order valence-corrected chi connectivity index (χ0v) is 10.1. The van der Waals surface area contributed by atoms with Crippen LogP contribution in [0.15, 0.2) is 48.0 Å². The molecule has 0 aliphatic carbocycles. The first kappa shape index (κ1) is 13.3. The summed E-state index contributed by atoms with van der Waals surface area (Å²) in [6.07, 6.45) is 5.30. The summed E-state index contributed by atoms with van der Waals surface area (Å²) in [6, 6.07) is 6.06.